The molecule has 0 aliphatic carbocycles. The van der Waals surface area contributed by atoms with E-state index in [0.717, 1.165) is 0 Å². The quantitative estimate of drug-likeness (QED) is 0.662. The van der Waals surface area contributed by atoms with Gasteiger partial charge in [-0.25, -0.2) is 4.79 Å². The number of alkyl carbamates (subject to hydrolysis) is 1. The van der Waals surface area contributed by atoms with Crippen LogP contribution in [0.3, 0.4) is 0 Å². The van der Waals surface area contributed by atoms with Crippen molar-refractivity contribution >= 4 is 23.6 Å². The molecule has 0 aliphatic rings. The van der Waals surface area contributed by atoms with E-state index in [9.17, 15) is 14.4 Å². The zero-order chi connectivity index (χ0) is 20.7. The Hall–Kier alpha value is -2.57. The summed E-state index contributed by atoms with van der Waals surface area (Å²) >= 11 is 0. The molecule has 1 aromatic rings. The molecule has 0 heterocycles. The molecule has 1 aromatic carbocycles. The number of hydrogen-bond acceptors (Lipinski definition) is 4. The molecule has 150 valence electrons. The lowest BCUT2D eigenvalue weighted by atomic mass is 10.1. The fourth-order valence-electron chi connectivity index (χ4n) is 2.16. The maximum atomic E-state index is 12.4. The molecule has 3 N–H and O–H groups in total. The summed E-state index contributed by atoms with van der Waals surface area (Å²) in [6.45, 7) is 11.4. The van der Waals surface area contributed by atoms with Gasteiger partial charge in [0.1, 0.15) is 5.60 Å². The van der Waals surface area contributed by atoms with Gasteiger partial charge >= 0.3 is 6.09 Å². The smallest absolute Gasteiger partial charge is 0.407 e. The molecule has 0 aliphatic heterocycles. The summed E-state index contributed by atoms with van der Waals surface area (Å²) < 4.78 is 5.13. The summed E-state index contributed by atoms with van der Waals surface area (Å²) in [6, 6.07) is 6.86. The molecule has 3 amide bonds. The molecule has 7 nitrogen and oxygen atoms in total. The zero-order valence-electron chi connectivity index (χ0n) is 17.1. The first-order valence-corrected chi connectivity index (χ1v) is 9.06. The van der Waals surface area contributed by atoms with E-state index in [1.807, 2.05) is 20.8 Å². The number of carbonyl (C=O) groups is 3. The highest BCUT2D eigenvalue weighted by atomic mass is 16.6. The van der Waals surface area contributed by atoms with E-state index in [4.69, 9.17) is 4.74 Å². The average molecular weight is 377 g/mol. The van der Waals surface area contributed by atoms with E-state index < -0.39 is 11.7 Å². The number of rotatable bonds is 6. The number of hydrogen-bond donors (Lipinski definition) is 3. The van der Waals surface area contributed by atoms with Gasteiger partial charge in [-0.05, 0) is 60.1 Å². The van der Waals surface area contributed by atoms with Gasteiger partial charge < -0.3 is 20.7 Å². The van der Waals surface area contributed by atoms with Crippen LogP contribution in [0.25, 0.3) is 0 Å². The molecule has 0 aromatic heterocycles. The summed E-state index contributed by atoms with van der Waals surface area (Å²) in [5.41, 5.74) is -0.0580. The Balaban J connectivity index is 2.51. The predicted molar refractivity (Wildman–Crippen MR) is 106 cm³/mol. The highest BCUT2D eigenvalue weighted by Crippen LogP contribution is 2.16. The lowest BCUT2D eigenvalue weighted by molar-refractivity contribution is -0.116. The summed E-state index contributed by atoms with van der Waals surface area (Å²) in [6.07, 6.45) is 0.166. The minimum Gasteiger partial charge on any atom is -0.444 e. The van der Waals surface area contributed by atoms with Crippen molar-refractivity contribution in [2.24, 2.45) is 0 Å². The van der Waals surface area contributed by atoms with Gasteiger partial charge in [-0.1, -0.05) is 12.1 Å². The number of benzene rings is 1. The van der Waals surface area contributed by atoms with Gasteiger partial charge in [-0.15, -0.1) is 0 Å². The Kier molecular flexibility index (Phi) is 7.82. The fraction of sp³-hybridized carbons (Fsp3) is 0.550. The molecule has 0 spiro atoms. The number of para-hydroxylation sites is 1. The largest absolute Gasteiger partial charge is 0.444 e. The van der Waals surface area contributed by atoms with E-state index in [-0.39, 0.29) is 23.8 Å². The third-order valence-electron chi connectivity index (χ3n) is 3.18. The molecular weight excluding hydrogens is 346 g/mol. The van der Waals surface area contributed by atoms with Crippen molar-refractivity contribution < 1.29 is 19.1 Å². The van der Waals surface area contributed by atoms with Crippen LogP contribution in [0.1, 0.15) is 64.7 Å². The van der Waals surface area contributed by atoms with Gasteiger partial charge in [0, 0.05) is 18.5 Å². The minimum absolute atomic E-state index is 0.213. The molecule has 0 atom stereocenters. The second kappa shape index (κ2) is 9.39. The number of carbonyl (C=O) groups excluding carboxylic acids is 3. The lowest BCUT2D eigenvalue weighted by Crippen LogP contribution is -2.40. The SMILES string of the molecule is CC(C)(C)NC(=O)c1ccccc1NC(=O)CCCNC(=O)OC(C)(C)C. The summed E-state index contributed by atoms with van der Waals surface area (Å²) in [4.78, 5) is 36.1. The van der Waals surface area contributed by atoms with E-state index in [0.29, 0.717) is 24.2 Å². The third-order valence-corrected chi connectivity index (χ3v) is 3.18. The Bertz CT molecular complexity index is 673. The predicted octanol–water partition coefficient (Wildman–Crippen LogP) is 3.46. The van der Waals surface area contributed by atoms with Gasteiger partial charge in [-0.2, -0.15) is 0 Å². The van der Waals surface area contributed by atoms with Crippen LogP contribution in [0.4, 0.5) is 10.5 Å². The third kappa shape index (κ3) is 9.63. The lowest BCUT2D eigenvalue weighted by Gasteiger charge is -2.21. The number of amides is 3. The molecule has 0 unspecified atom stereocenters. The Morgan fingerprint density at radius 3 is 2.22 bits per heavy atom. The second-order valence-electron chi connectivity index (χ2n) is 8.33. The molecule has 1 rings (SSSR count). The maximum absolute atomic E-state index is 12.4. The standard InChI is InChI=1S/C20H31N3O4/c1-19(2,3)23-17(25)14-10-7-8-11-15(14)22-16(24)12-9-13-21-18(26)27-20(4,5)6/h7-8,10-11H,9,12-13H2,1-6H3,(H,21,26)(H,22,24)(H,23,25). The van der Waals surface area contributed by atoms with Gasteiger partial charge in [0.2, 0.25) is 5.91 Å². The van der Waals surface area contributed by atoms with Crippen molar-refractivity contribution in [2.75, 3.05) is 11.9 Å². The maximum Gasteiger partial charge on any atom is 0.407 e. The van der Waals surface area contributed by atoms with Crippen molar-refractivity contribution in [3.8, 4) is 0 Å². The van der Waals surface area contributed by atoms with Gasteiger partial charge in [0.25, 0.3) is 5.91 Å². The molecular formula is C20H31N3O4. The number of nitrogens with one attached hydrogen (secondary N) is 3. The van der Waals surface area contributed by atoms with Crippen molar-refractivity contribution in [2.45, 2.75) is 65.5 Å². The van der Waals surface area contributed by atoms with E-state index in [1.54, 1.807) is 45.0 Å². The normalized spacial score (nSPS) is 11.5. The minimum atomic E-state index is -0.557. The first-order chi connectivity index (χ1) is 12.4. The van der Waals surface area contributed by atoms with Crippen LogP contribution in [-0.4, -0.2) is 35.6 Å². The van der Waals surface area contributed by atoms with Gasteiger partial charge in [-0.3, -0.25) is 9.59 Å². The van der Waals surface area contributed by atoms with Crippen molar-refractivity contribution in [1.82, 2.24) is 10.6 Å². The van der Waals surface area contributed by atoms with Crippen LogP contribution in [0.5, 0.6) is 0 Å². The van der Waals surface area contributed by atoms with Crippen molar-refractivity contribution in [1.29, 1.82) is 0 Å². The molecule has 0 fully saturated rings. The molecule has 0 bridgehead atoms. The average Bonchev–Trinajstić information content (AvgIpc) is 2.48. The first-order valence-electron chi connectivity index (χ1n) is 9.06. The molecule has 0 saturated carbocycles. The summed E-state index contributed by atoms with van der Waals surface area (Å²) in [5.74, 6) is -0.470. The summed E-state index contributed by atoms with van der Waals surface area (Å²) in [5, 5.41) is 8.25. The van der Waals surface area contributed by atoms with Crippen LogP contribution >= 0.6 is 0 Å². The highest BCUT2D eigenvalue weighted by Gasteiger charge is 2.19. The van der Waals surface area contributed by atoms with Gasteiger partial charge in [0.05, 0.1) is 11.3 Å². The zero-order valence-corrected chi connectivity index (χ0v) is 17.1. The van der Waals surface area contributed by atoms with E-state index in [2.05, 4.69) is 16.0 Å². The van der Waals surface area contributed by atoms with E-state index >= 15 is 0 Å². The highest BCUT2D eigenvalue weighted by molar-refractivity contribution is 6.03. The van der Waals surface area contributed by atoms with Crippen LogP contribution in [0, 0.1) is 0 Å². The van der Waals surface area contributed by atoms with Crippen molar-refractivity contribution in [3.05, 3.63) is 29.8 Å². The van der Waals surface area contributed by atoms with Crippen molar-refractivity contribution in [3.63, 3.8) is 0 Å². The molecule has 0 saturated heterocycles. The van der Waals surface area contributed by atoms with Crippen LogP contribution < -0.4 is 16.0 Å². The van der Waals surface area contributed by atoms with Crippen LogP contribution in [0.15, 0.2) is 24.3 Å². The van der Waals surface area contributed by atoms with Crippen LogP contribution in [0.2, 0.25) is 0 Å². The Morgan fingerprint density at radius 1 is 1.00 bits per heavy atom. The second-order valence-corrected chi connectivity index (χ2v) is 8.33. The summed E-state index contributed by atoms with van der Waals surface area (Å²) in [7, 11) is 0. The monoisotopic (exact) mass is 377 g/mol. The molecule has 27 heavy (non-hydrogen) atoms. The number of anilines is 1. The molecule has 7 heteroatoms. The first kappa shape index (κ1) is 22.5. The fourth-order valence-corrected chi connectivity index (χ4v) is 2.16. The van der Waals surface area contributed by atoms with Crippen LogP contribution in [-0.2, 0) is 9.53 Å². The van der Waals surface area contributed by atoms with Gasteiger partial charge in [0.15, 0.2) is 0 Å². The Morgan fingerprint density at radius 2 is 1.63 bits per heavy atom. The molecule has 0 radical (unpaired) electrons. The Labute approximate surface area is 161 Å². The van der Waals surface area contributed by atoms with E-state index in [1.165, 1.54) is 0 Å². The number of ether oxygens (including phenoxy) is 1. The topological polar surface area (TPSA) is 96.5 Å².